The van der Waals surface area contributed by atoms with Gasteiger partial charge in [-0.15, -0.1) is 0 Å². The van der Waals surface area contributed by atoms with Crippen LogP contribution < -0.4 is 5.32 Å². The van der Waals surface area contributed by atoms with Crippen LogP contribution in [0.3, 0.4) is 0 Å². The van der Waals surface area contributed by atoms with Gasteiger partial charge in [-0.1, -0.05) is 19.3 Å². The molecule has 18 heavy (non-hydrogen) atoms. The molecule has 0 heterocycles. The summed E-state index contributed by atoms with van der Waals surface area (Å²) in [6.45, 7) is 0. The van der Waals surface area contributed by atoms with Crippen LogP contribution in [0.15, 0.2) is 0 Å². The van der Waals surface area contributed by atoms with Gasteiger partial charge in [-0.2, -0.15) is 0 Å². The van der Waals surface area contributed by atoms with Crippen molar-refractivity contribution in [3.8, 4) is 0 Å². The van der Waals surface area contributed by atoms with Gasteiger partial charge in [-0.25, -0.2) is 8.42 Å². The summed E-state index contributed by atoms with van der Waals surface area (Å²) in [7, 11) is -3.28. The molecule has 0 unspecified atom stereocenters. The van der Waals surface area contributed by atoms with Crippen LogP contribution in [0.5, 0.6) is 0 Å². The second-order valence-electron chi connectivity index (χ2n) is 6.05. The summed E-state index contributed by atoms with van der Waals surface area (Å²) >= 11 is 0. The number of carbonyl (C=O) groups excluding carboxylic acids is 1. The Morgan fingerprint density at radius 3 is 2.11 bits per heavy atom. The zero-order chi connectivity index (χ0) is 12.8. The fourth-order valence-electron chi connectivity index (χ4n) is 2.99. The normalized spacial score (nSPS) is 27.8. The molecule has 0 spiro atoms. The van der Waals surface area contributed by atoms with Gasteiger partial charge in [0.25, 0.3) is 0 Å². The Morgan fingerprint density at radius 1 is 1.00 bits per heavy atom. The molecule has 0 aromatic carbocycles. The lowest BCUT2D eigenvalue weighted by Gasteiger charge is -2.26. The second kappa shape index (κ2) is 4.22. The van der Waals surface area contributed by atoms with E-state index in [1.54, 1.807) is 0 Å². The van der Waals surface area contributed by atoms with E-state index in [-0.39, 0.29) is 17.2 Å². The van der Waals surface area contributed by atoms with Crippen molar-refractivity contribution in [2.75, 3.05) is 0 Å². The van der Waals surface area contributed by atoms with E-state index in [1.165, 1.54) is 0 Å². The average Bonchev–Trinajstić information content (AvgIpc) is 3.24. The van der Waals surface area contributed by atoms with Gasteiger partial charge in [0.2, 0.25) is 5.91 Å². The molecule has 4 nitrogen and oxygen atoms in total. The van der Waals surface area contributed by atoms with Crippen LogP contribution in [0.25, 0.3) is 0 Å². The number of amides is 1. The maximum Gasteiger partial charge on any atom is 0.241 e. The highest BCUT2D eigenvalue weighted by Gasteiger charge is 2.62. The predicted molar refractivity (Wildman–Crippen MR) is 68.9 cm³/mol. The number of hydrogen-bond acceptors (Lipinski definition) is 3. The van der Waals surface area contributed by atoms with Gasteiger partial charge in [-0.3, -0.25) is 4.79 Å². The van der Waals surface area contributed by atoms with Gasteiger partial charge in [0, 0.05) is 6.04 Å². The fraction of sp³-hybridized carbons (Fsp3) is 0.923. The lowest BCUT2D eigenvalue weighted by molar-refractivity contribution is -0.121. The zero-order valence-electron chi connectivity index (χ0n) is 10.7. The predicted octanol–water partition coefficient (Wildman–Crippen LogP) is 1.55. The third kappa shape index (κ3) is 1.96. The summed E-state index contributed by atoms with van der Waals surface area (Å²) < 4.78 is 24.3. The van der Waals surface area contributed by atoms with Crippen LogP contribution in [0.1, 0.15) is 57.8 Å². The molecular formula is C13H21NO3S. The van der Waals surface area contributed by atoms with Gasteiger partial charge in [0.1, 0.15) is 0 Å². The van der Waals surface area contributed by atoms with E-state index in [1.807, 2.05) is 0 Å². The molecule has 5 heteroatoms. The molecule has 0 saturated heterocycles. The molecule has 3 saturated carbocycles. The number of carbonyl (C=O) groups is 1. The van der Waals surface area contributed by atoms with Crippen molar-refractivity contribution in [2.45, 2.75) is 73.8 Å². The third-order valence-electron chi connectivity index (χ3n) is 4.57. The minimum Gasteiger partial charge on any atom is -0.352 e. The zero-order valence-corrected chi connectivity index (χ0v) is 11.5. The van der Waals surface area contributed by atoms with Crippen LogP contribution in [0.2, 0.25) is 0 Å². The molecule has 1 N–H and O–H groups in total. The topological polar surface area (TPSA) is 63.2 Å². The van der Waals surface area contributed by atoms with Gasteiger partial charge >= 0.3 is 0 Å². The lowest BCUT2D eigenvalue weighted by atomic mass is 10.0. The molecule has 0 aromatic heterocycles. The molecular weight excluding hydrogens is 250 g/mol. The molecule has 102 valence electrons. The number of nitrogens with one attached hydrogen (secondary N) is 1. The first-order chi connectivity index (χ1) is 8.56. The van der Waals surface area contributed by atoms with Crippen molar-refractivity contribution in [2.24, 2.45) is 0 Å². The smallest absolute Gasteiger partial charge is 0.241 e. The van der Waals surface area contributed by atoms with Crippen molar-refractivity contribution < 1.29 is 13.2 Å². The summed E-state index contributed by atoms with van der Waals surface area (Å²) in [6.07, 6.45) is 7.69. The summed E-state index contributed by atoms with van der Waals surface area (Å²) in [5.74, 6) is -0.212. The fourth-order valence-corrected chi connectivity index (χ4v) is 5.57. The van der Waals surface area contributed by atoms with Crippen LogP contribution in [-0.4, -0.2) is 30.4 Å². The highest BCUT2D eigenvalue weighted by Crippen LogP contribution is 2.48. The molecule has 3 aliphatic rings. The van der Waals surface area contributed by atoms with Crippen molar-refractivity contribution in [3.05, 3.63) is 0 Å². The highest BCUT2D eigenvalue weighted by atomic mass is 32.2. The Labute approximate surface area is 108 Å². The molecule has 1 amide bonds. The van der Waals surface area contributed by atoms with Crippen molar-refractivity contribution >= 4 is 15.7 Å². The van der Waals surface area contributed by atoms with E-state index in [2.05, 4.69) is 5.32 Å². The summed E-state index contributed by atoms with van der Waals surface area (Å²) in [4.78, 5) is 12.2. The van der Waals surface area contributed by atoms with E-state index in [0.717, 1.165) is 44.9 Å². The van der Waals surface area contributed by atoms with Crippen LogP contribution in [0.4, 0.5) is 0 Å². The Bertz CT molecular complexity index is 443. The number of rotatable bonds is 4. The van der Waals surface area contributed by atoms with E-state index < -0.39 is 14.6 Å². The van der Waals surface area contributed by atoms with Crippen molar-refractivity contribution in [1.82, 2.24) is 5.32 Å². The maximum absolute atomic E-state index is 12.7. The quantitative estimate of drug-likeness (QED) is 0.843. The molecule has 0 atom stereocenters. The van der Waals surface area contributed by atoms with Gasteiger partial charge in [0.05, 0.1) is 5.25 Å². The number of sulfone groups is 1. The van der Waals surface area contributed by atoms with E-state index >= 15 is 0 Å². The molecule has 3 aliphatic carbocycles. The molecule has 3 fully saturated rings. The van der Waals surface area contributed by atoms with Crippen LogP contribution in [-0.2, 0) is 14.6 Å². The van der Waals surface area contributed by atoms with E-state index in [9.17, 15) is 13.2 Å². The average molecular weight is 271 g/mol. The minimum atomic E-state index is -3.28. The first-order valence-corrected chi connectivity index (χ1v) is 8.65. The first-order valence-electron chi connectivity index (χ1n) is 7.11. The SMILES string of the molecule is O=C(NC1CC1)C1(S(=O)(=O)C2CCCCC2)CC1. The molecule has 0 aliphatic heterocycles. The molecule has 0 bridgehead atoms. The van der Waals surface area contributed by atoms with Crippen molar-refractivity contribution in [3.63, 3.8) is 0 Å². The summed E-state index contributed by atoms with van der Waals surface area (Å²) in [6, 6.07) is 0.247. The monoisotopic (exact) mass is 271 g/mol. The third-order valence-corrected chi connectivity index (χ3v) is 7.60. The van der Waals surface area contributed by atoms with E-state index in [0.29, 0.717) is 12.8 Å². The molecule has 0 radical (unpaired) electrons. The minimum absolute atomic E-state index is 0.212. The Hall–Kier alpha value is -0.580. The maximum atomic E-state index is 12.7. The standard InChI is InChI=1S/C13H21NO3S/c15-12(14-10-6-7-10)13(8-9-13)18(16,17)11-4-2-1-3-5-11/h10-11H,1-9H2,(H,14,15). The lowest BCUT2D eigenvalue weighted by Crippen LogP contribution is -2.47. The van der Waals surface area contributed by atoms with Crippen LogP contribution >= 0.6 is 0 Å². The highest BCUT2D eigenvalue weighted by molar-refractivity contribution is 7.94. The van der Waals surface area contributed by atoms with E-state index in [4.69, 9.17) is 0 Å². The largest absolute Gasteiger partial charge is 0.352 e. The second-order valence-corrected chi connectivity index (χ2v) is 8.59. The summed E-state index contributed by atoms with van der Waals surface area (Å²) in [5, 5.41) is 2.62. The Morgan fingerprint density at radius 2 is 1.61 bits per heavy atom. The van der Waals surface area contributed by atoms with Crippen molar-refractivity contribution in [1.29, 1.82) is 0 Å². The van der Waals surface area contributed by atoms with Gasteiger partial charge in [0.15, 0.2) is 14.6 Å². The Kier molecular flexibility index (Phi) is 2.92. The molecule has 3 rings (SSSR count). The first kappa shape index (κ1) is 12.5. The Balaban J connectivity index is 1.76. The van der Waals surface area contributed by atoms with Crippen LogP contribution in [0, 0.1) is 0 Å². The number of hydrogen-bond donors (Lipinski definition) is 1. The van der Waals surface area contributed by atoms with Gasteiger partial charge < -0.3 is 5.32 Å². The molecule has 0 aromatic rings. The van der Waals surface area contributed by atoms with Gasteiger partial charge in [-0.05, 0) is 38.5 Å². The summed E-state index contributed by atoms with van der Waals surface area (Å²) in [5.41, 5.74) is 0.